The highest BCUT2D eigenvalue weighted by Gasteiger charge is 2.31. The molecule has 3 N–H and O–H groups in total. The van der Waals surface area contributed by atoms with Gasteiger partial charge >= 0.3 is 5.97 Å². The van der Waals surface area contributed by atoms with Crippen molar-refractivity contribution in [3.63, 3.8) is 0 Å². The molecule has 1 aromatic carbocycles. The van der Waals surface area contributed by atoms with Gasteiger partial charge in [0.15, 0.2) is 5.69 Å². The van der Waals surface area contributed by atoms with Crippen molar-refractivity contribution in [2.24, 2.45) is 5.73 Å². The molecule has 3 rings (SSSR count). The standard InChI is InChI=1S/C22H21F2N5O3/c1-4-32-21(31)22(2,3)12-8-9-17(26-11-12)27-16-10-15(28-29-19(16)20(25)30)18-13(23)6-5-7-14(18)24/h5-11H,4H2,1-3H3,(H2,25,30)(H,26,27,28). The molecule has 0 fully saturated rings. The molecular weight excluding hydrogens is 420 g/mol. The van der Waals surface area contributed by atoms with Crippen LogP contribution in [0.1, 0.15) is 36.8 Å². The average molecular weight is 441 g/mol. The van der Waals surface area contributed by atoms with Gasteiger partial charge in [-0.2, -0.15) is 0 Å². The number of carbonyl (C=O) groups excluding carboxylic acids is 2. The number of rotatable bonds is 7. The summed E-state index contributed by atoms with van der Waals surface area (Å²) < 4.78 is 33.4. The molecule has 2 aromatic heterocycles. The zero-order valence-corrected chi connectivity index (χ0v) is 17.6. The highest BCUT2D eigenvalue weighted by molar-refractivity contribution is 5.97. The number of aromatic nitrogens is 3. The van der Waals surface area contributed by atoms with Crippen LogP contribution in [0.15, 0.2) is 42.6 Å². The Morgan fingerprint density at radius 2 is 1.81 bits per heavy atom. The van der Waals surface area contributed by atoms with Gasteiger partial charge in [-0.05, 0) is 50.6 Å². The smallest absolute Gasteiger partial charge is 0.316 e. The first-order chi connectivity index (χ1) is 15.1. The van der Waals surface area contributed by atoms with Crippen molar-refractivity contribution in [1.29, 1.82) is 0 Å². The first-order valence-electron chi connectivity index (χ1n) is 9.67. The minimum Gasteiger partial charge on any atom is -0.465 e. The van der Waals surface area contributed by atoms with Gasteiger partial charge in [0.05, 0.1) is 23.3 Å². The fraction of sp³-hybridized carbons (Fsp3) is 0.227. The number of hydrogen-bond acceptors (Lipinski definition) is 7. The lowest BCUT2D eigenvalue weighted by atomic mass is 9.86. The fourth-order valence-corrected chi connectivity index (χ4v) is 2.94. The molecule has 1 amide bonds. The molecule has 0 saturated heterocycles. The molecule has 3 aromatic rings. The molecule has 2 heterocycles. The molecule has 0 radical (unpaired) electrons. The van der Waals surface area contributed by atoms with Crippen molar-refractivity contribution in [2.45, 2.75) is 26.2 Å². The zero-order valence-electron chi connectivity index (χ0n) is 17.6. The fourth-order valence-electron chi connectivity index (χ4n) is 2.94. The highest BCUT2D eigenvalue weighted by atomic mass is 19.1. The Bertz CT molecular complexity index is 1150. The number of hydrogen-bond donors (Lipinski definition) is 2. The van der Waals surface area contributed by atoms with Crippen LogP contribution in [0.2, 0.25) is 0 Å². The third-order valence-electron chi connectivity index (χ3n) is 4.78. The van der Waals surface area contributed by atoms with Gasteiger partial charge in [-0.15, -0.1) is 10.2 Å². The van der Waals surface area contributed by atoms with E-state index in [0.29, 0.717) is 5.56 Å². The Hall–Kier alpha value is -3.95. The van der Waals surface area contributed by atoms with Crippen LogP contribution in [0.25, 0.3) is 11.3 Å². The van der Waals surface area contributed by atoms with E-state index in [1.807, 2.05) is 0 Å². The molecule has 10 heteroatoms. The third kappa shape index (κ3) is 4.53. The third-order valence-corrected chi connectivity index (χ3v) is 4.78. The number of nitrogens with two attached hydrogens (primary N) is 1. The molecule has 0 unspecified atom stereocenters. The van der Waals surface area contributed by atoms with Crippen molar-refractivity contribution in [1.82, 2.24) is 15.2 Å². The second kappa shape index (κ2) is 9.04. The molecule has 0 aliphatic carbocycles. The van der Waals surface area contributed by atoms with Gasteiger partial charge in [0.1, 0.15) is 23.1 Å². The van der Waals surface area contributed by atoms with Crippen LogP contribution in [0.4, 0.5) is 20.3 Å². The number of benzene rings is 1. The van der Waals surface area contributed by atoms with Gasteiger partial charge in [0.25, 0.3) is 5.91 Å². The van der Waals surface area contributed by atoms with E-state index in [9.17, 15) is 18.4 Å². The number of primary amides is 1. The Kier molecular flexibility index (Phi) is 6.42. The number of anilines is 2. The summed E-state index contributed by atoms with van der Waals surface area (Å²) in [7, 11) is 0. The van der Waals surface area contributed by atoms with Gasteiger partial charge in [-0.3, -0.25) is 9.59 Å². The van der Waals surface area contributed by atoms with Crippen LogP contribution in [0.5, 0.6) is 0 Å². The number of ether oxygens (including phenoxy) is 1. The maximum Gasteiger partial charge on any atom is 0.316 e. The van der Waals surface area contributed by atoms with E-state index in [4.69, 9.17) is 10.5 Å². The van der Waals surface area contributed by atoms with Gasteiger partial charge in [0, 0.05) is 6.20 Å². The maximum atomic E-state index is 14.2. The van der Waals surface area contributed by atoms with E-state index in [2.05, 4.69) is 20.5 Å². The van der Waals surface area contributed by atoms with Crippen LogP contribution in [0.3, 0.4) is 0 Å². The summed E-state index contributed by atoms with van der Waals surface area (Å²) in [5.41, 5.74) is 4.36. The van der Waals surface area contributed by atoms with Gasteiger partial charge < -0.3 is 15.8 Å². The van der Waals surface area contributed by atoms with E-state index < -0.39 is 34.5 Å². The molecule has 0 atom stereocenters. The van der Waals surface area contributed by atoms with Crippen LogP contribution >= 0.6 is 0 Å². The van der Waals surface area contributed by atoms with Crippen LogP contribution in [0, 0.1) is 11.6 Å². The molecule has 0 aliphatic heterocycles. The molecule has 0 saturated carbocycles. The first-order valence-corrected chi connectivity index (χ1v) is 9.67. The van der Waals surface area contributed by atoms with E-state index in [0.717, 1.165) is 12.1 Å². The number of nitrogens with one attached hydrogen (secondary N) is 1. The summed E-state index contributed by atoms with van der Waals surface area (Å²) in [5, 5.41) is 10.3. The Morgan fingerprint density at radius 1 is 1.12 bits per heavy atom. The summed E-state index contributed by atoms with van der Waals surface area (Å²) in [5.74, 6) is -2.67. The molecule has 0 bridgehead atoms. The number of amides is 1. The lowest BCUT2D eigenvalue weighted by Gasteiger charge is -2.22. The summed E-state index contributed by atoms with van der Waals surface area (Å²) in [6.07, 6.45) is 1.48. The zero-order chi connectivity index (χ0) is 23.5. The summed E-state index contributed by atoms with van der Waals surface area (Å²) in [6.45, 7) is 5.40. The van der Waals surface area contributed by atoms with Gasteiger partial charge in [0.2, 0.25) is 0 Å². The van der Waals surface area contributed by atoms with Crippen molar-refractivity contribution >= 4 is 23.4 Å². The average Bonchev–Trinajstić information content (AvgIpc) is 2.74. The van der Waals surface area contributed by atoms with E-state index in [1.165, 1.54) is 18.3 Å². The molecule has 32 heavy (non-hydrogen) atoms. The largest absolute Gasteiger partial charge is 0.465 e. The van der Waals surface area contributed by atoms with Crippen LogP contribution < -0.4 is 11.1 Å². The highest BCUT2D eigenvalue weighted by Crippen LogP contribution is 2.29. The molecule has 0 spiro atoms. The molecular formula is C22H21F2N5O3. The first kappa shape index (κ1) is 22.7. The number of pyridine rings is 1. The summed E-state index contributed by atoms with van der Waals surface area (Å²) in [6, 6.07) is 7.89. The Balaban J connectivity index is 1.96. The number of carbonyl (C=O) groups is 2. The molecule has 166 valence electrons. The minimum atomic E-state index is -0.923. The topological polar surface area (TPSA) is 120 Å². The predicted octanol–water partition coefficient (Wildman–Crippen LogP) is 3.50. The second-order valence-corrected chi connectivity index (χ2v) is 7.36. The molecule has 8 nitrogen and oxygen atoms in total. The van der Waals surface area contributed by atoms with Gasteiger partial charge in [-0.1, -0.05) is 12.1 Å². The van der Waals surface area contributed by atoms with Crippen LogP contribution in [-0.4, -0.2) is 33.7 Å². The molecule has 0 aliphatic rings. The van der Waals surface area contributed by atoms with Crippen molar-refractivity contribution in [3.8, 4) is 11.3 Å². The summed E-state index contributed by atoms with van der Waals surface area (Å²) >= 11 is 0. The van der Waals surface area contributed by atoms with Crippen molar-refractivity contribution in [3.05, 3.63) is 65.5 Å². The SMILES string of the molecule is CCOC(=O)C(C)(C)c1ccc(Nc2cc(-c3c(F)cccc3F)nnc2C(N)=O)nc1. The number of nitrogens with zero attached hydrogens (tertiary/aromatic N) is 3. The van der Waals surface area contributed by atoms with Crippen LogP contribution in [-0.2, 0) is 14.9 Å². The second-order valence-electron chi connectivity index (χ2n) is 7.36. The normalized spacial score (nSPS) is 11.2. The van der Waals surface area contributed by atoms with E-state index in [1.54, 1.807) is 32.9 Å². The Labute approximate surface area is 182 Å². The predicted molar refractivity (Wildman–Crippen MR) is 113 cm³/mol. The van der Waals surface area contributed by atoms with Gasteiger partial charge in [-0.25, -0.2) is 13.8 Å². The maximum absolute atomic E-state index is 14.2. The number of esters is 1. The monoisotopic (exact) mass is 441 g/mol. The summed E-state index contributed by atoms with van der Waals surface area (Å²) in [4.78, 5) is 28.2. The number of halogens is 2. The lowest BCUT2D eigenvalue weighted by Crippen LogP contribution is -2.31. The van der Waals surface area contributed by atoms with E-state index >= 15 is 0 Å². The van der Waals surface area contributed by atoms with Crippen molar-refractivity contribution < 1.29 is 23.1 Å². The quantitative estimate of drug-likeness (QED) is 0.539. The minimum absolute atomic E-state index is 0.0649. The lowest BCUT2D eigenvalue weighted by molar-refractivity contribution is -0.148. The van der Waals surface area contributed by atoms with E-state index in [-0.39, 0.29) is 29.5 Å². The van der Waals surface area contributed by atoms with Crippen molar-refractivity contribution in [2.75, 3.05) is 11.9 Å². The Morgan fingerprint density at radius 3 is 2.38 bits per heavy atom.